The van der Waals surface area contributed by atoms with Crippen molar-refractivity contribution in [1.82, 2.24) is 15.1 Å². The molecule has 0 aromatic heterocycles. The maximum absolute atomic E-state index is 13.1. The minimum Gasteiger partial charge on any atom is -0.444 e. The average molecular weight is 499 g/mol. The van der Waals surface area contributed by atoms with Crippen molar-refractivity contribution in [3.63, 3.8) is 0 Å². The van der Waals surface area contributed by atoms with Gasteiger partial charge in [-0.3, -0.25) is 29.4 Å². The zero-order valence-corrected chi connectivity index (χ0v) is 21.1. The molecule has 4 rings (SSSR count). The van der Waals surface area contributed by atoms with E-state index in [1.54, 1.807) is 23.1 Å². The standard InChI is InChI=1S/C26H34N4O6/c1-26(2,3)36-25(35)29-14-12-16(15-29)7-4-5-13-27-18-9-6-8-17-21(18)24(34)30(23(17)33)19-10-11-20(31)28-22(19)32/h6,8-9,16,19,27H,4-5,7,10-15H2,1-3H3,(H,28,31,32). The first-order valence-corrected chi connectivity index (χ1v) is 12.6. The van der Waals surface area contributed by atoms with E-state index in [9.17, 15) is 24.0 Å². The summed E-state index contributed by atoms with van der Waals surface area (Å²) in [4.78, 5) is 64.8. The Morgan fingerprint density at radius 1 is 1.11 bits per heavy atom. The Morgan fingerprint density at radius 2 is 1.89 bits per heavy atom. The molecule has 0 aliphatic carbocycles. The number of ether oxygens (including phenoxy) is 1. The van der Waals surface area contributed by atoms with Crippen molar-refractivity contribution in [2.75, 3.05) is 25.0 Å². The molecule has 1 aromatic carbocycles. The molecule has 1 aromatic rings. The van der Waals surface area contributed by atoms with Crippen LogP contribution in [-0.2, 0) is 14.3 Å². The van der Waals surface area contributed by atoms with Crippen LogP contribution in [-0.4, -0.2) is 70.8 Å². The van der Waals surface area contributed by atoms with Crippen LogP contribution in [0.15, 0.2) is 18.2 Å². The number of anilines is 1. The number of nitrogens with one attached hydrogen (secondary N) is 2. The molecule has 194 valence electrons. The second-order valence-electron chi connectivity index (χ2n) is 10.7. The lowest BCUT2D eigenvalue weighted by molar-refractivity contribution is -0.136. The highest BCUT2D eigenvalue weighted by Crippen LogP contribution is 2.32. The number of fused-ring (bicyclic) bond motifs is 1. The molecular formula is C26H34N4O6. The Balaban J connectivity index is 1.27. The predicted molar refractivity (Wildman–Crippen MR) is 131 cm³/mol. The van der Waals surface area contributed by atoms with Crippen LogP contribution >= 0.6 is 0 Å². The van der Waals surface area contributed by atoms with Crippen molar-refractivity contribution < 1.29 is 28.7 Å². The Bertz CT molecular complexity index is 1080. The molecule has 2 unspecified atom stereocenters. The number of nitrogens with zero attached hydrogens (tertiary/aromatic N) is 2. The maximum atomic E-state index is 13.1. The Kier molecular flexibility index (Phi) is 7.33. The number of piperidine rings is 1. The number of carbonyl (C=O) groups is 5. The van der Waals surface area contributed by atoms with Gasteiger partial charge in [0.15, 0.2) is 0 Å². The molecule has 2 atom stereocenters. The number of likely N-dealkylation sites (tertiary alicyclic amines) is 1. The smallest absolute Gasteiger partial charge is 0.410 e. The minimum atomic E-state index is -0.977. The van der Waals surface area contributed by atoms with Crippen LogP contribution in [0, 0.1) is 5.92 Å². The molecule has 3 aliphatic heterocycles. The summed E-state index contributed by atoms with van der Waals surface area (Å²) in [5, 5.41) is 5.49. The fourth-order valence-electron chi connectivity index (χ4n) is 5.00. The zero-order valence-electron chi connectivity index (χ0n) is 21.1. The molecular weight excluding hydrogens is 464 g/mol. The van der Waals surface area contributed by atoms with Gasteiger partial charge in [0.25, 0.3) is 11.8 Å². The third-order valence-corrected chi connectivity index (χ3v) is 6.76. The number of rotatable bonds is 7. The van der Waals surface area contributed by atoms with Gasteiger partial charge in [0, 0.05) is 31.7 Å². The summed E-state index contributed by atoms with van der Waals surface area (Å²) in [6, 6.07) is 4.08. The van der Waals surface area contributed by atoms with Crippen molar-refractivity contribution in [2.45, 2.75) is 70.9 Å². The number of carbonyl (C=O) groups excluding carboxylic acids is 5. The lowest BCUT2D eigenvalue weighted by Gasteiger charge is -2.27. The quantitative estimate of drug-likeness (QED) is 0.437. The summed E-state index contributed by atoms with van der Waals surface area (Å²) in [6.45, 7) is 7.64. The molecule has 10 nitrogen and oxygen atoms in total. The molecule has 0 saturated carbocycles. The molecule has 2 saturated heterocycles. The first kappa shape index (κ1) is 25.7. The van der Waals surface area contributed by atoms with Crippen molar-refractivity contribution in [3.8, 4) is 0 Å². The van der Waals surface area contributed by atoms with Crippen molar-refractivity contribution in [3.05, 3.63) is 29.3 Å². The average Bonchev–Trinajstić information content (AvgIpc) is 3.37. The van der Waals surface area contributed by atoms with E-state index in [0.717, 1.165) is 30.6 Å². The highest BCUT2D eigenvalue weighted by Gasteiger charge is 2.45. The van der Waals surface area contributed by atoms with E-state index in [4.69, 9.17) is 4.74 Å². The minimum absolute atomic E-state index is 0.0887. The number of benzene rings is 1. The number of hydrogen-bond donors (Lipinski definition) is 2. The Labute approximate surface area is 210 Å². The van der Waals surface area contributed by atoms with E-state index >= 15 is 0 Å². The van der Waals surface area contributed by atoms with Crippen molar-refractivity contribution in [2.24, 2.45) is 5.92 Å². The van der Waals surface area contributed by atoms with Crippen molar-refractivity contribution >= 4 is 35.4 Å². The molecule has 2 N–H and O–H groups in total. The highest BCUT2D eigenvalue weighted by molar-refractivity contribution is 6.25. The van der Waals surface area contributed by atoms with Crippen LogP contribution in [0.3, 0.4) is 0 Å². The molecule has 0 radical (unpaired) electrons. The summed E-state index contributed by atoms with van der Waals surface area (Å²) in [5.74, 6) is -1.60. The molecule has 0 spiro atoms. The molecule has 3 aliphatic rings. The molecule has 10 heteroatoms. The maximum Gasteiger partial charge on any atom is 0.410 e. The lowest BCUT2D eigenvalue weighted by atomic mass is 10.0. The number of imide groups is 2. The molecule has 0 bridgehead atoms. The highest BCUT2D eigenvalue weighted by atomic mass is 16.6. The topological polar surface area (TPSA) is 125 Å². The van der Waals surface area contributed by atoms with Gasteiger partial charge in [-0.2, -0.15) is 0 Å². The second kappa shape index (κ2) is 10.3. The van der Waals surface area contributed by atoms with Crippen LogP contribution in [0.2, 0.25) is 0 Å². The van der Waals surface area contributed by atoms with Crippen LogP contribution < -0.4 is 10.6 Å². The van der Waals surface area contributed by atoms with Gasteiger partial charge in [0.2, 0.25) is 11.8 Å². The normalized spacial score (nSPS) is 22.1. The summed E-state index contributed by atoms with van der Waals surface area (Å²) >= 11 is 0. The monoisotopic (exact) mass is 498 g/mol. The SMILES string of the molecule is CC(C)(C)OC(=O)N1CCC(CCCCNc2cccc3c2C(=O)N(C2CCC(=O)NC2=O)C3=O)C1. The molecule has 3 heterocycles. The van der Waals surface area contributed by atoms with E-state index in [-0.39, 0.29) is 30.1 Å². The Hall–Kier alpha value is -3.43. The van der Waals surface area contributed by atoms with Gasteiger partial charge in [-0.05, 0) is 64.5 Å². The predicted octanol–water partition coefficient (Wildman–Crippen LogP) is 2.93. The van der Waals surface area contributed by atoms with Crippen LogP contribution in [0.25, 0.3) is 0 Å². The number of hydrogen-bond acceptors (Lipinski definition) is 7. The summed E-state index contributed by atoms with van der Waals surface area (Å²) in [6.07, 6.45) is 3.75. The van der Waals surface area contributed by atoms with E-state index in [2.05, 4.69) is 10.6 Å². The number of amides is 5. The fraction of sp³-hybridized carbons (Fsp3) is 0.577. The second-order valence-corrected chi connectivity index (χ2v) is 10.7. The van der Waals surface area contributed by atoms with E-state index in [1.807, 2.05) is 20.8 Å². The first-order valence-electron chi connectivity index (χ1n) is 12.6. The zero-order chi connectivity index (χ0) is 26.0. The van der Waals surface area contributed by atoms with E-state index in [1.165, 1.54) is 0 Å². The van der Waals surface area contributed by atoms with Crippen LogP contribution in [0.4, 0.5) is 10.5 Å². The van der Waals surface area contributed by atoms with E-state index < -0.39 is 35.3 Å². The van der Waals surface area contributed by atoms with Crippen LogP contribution in [0.5, 0.6) is 0 Å². The van der Waals surface area contributed by atoms with Gasteiger partial charge in [-0.1, -0.05) is 12.5 Å². The largest absolute Gasteiger partial charge is 0.444 e. The molecule has 5 amide bonds. The Morgan fingerprint density at radius 3 is 2.61 bits per heavy atom. The van der Waals surface area contributed by atoms with Gasteiger partial charge in [0.1, 0.15) is 11.6 Å². The molecule has 36 heavy (non-hydrogen) atoms. The summed E-state index contributed by atoms with van der Waals surface area (Å²) in [5.41, 5.74) is 0.611. The summed E-state index contributed by atoms with van der Waals surface area (Å²) in [7, 11) is 0. The van der Waals surface area contributed by atoms with Gasteiger partial charge in [-0.25, -0.2) is 4.79 Å². The number of unbranched alkanes of at least 4 members (excludes halogenated alkanes) is 1. The fourth-order valence-corrected chi connectivity index (χ4v) is 5.00. The van der Waals surface area contributed by atoms with Gasteiger partial charge in [0.05, 0.1) is 11.1 Å². The van der Waals surface area contributed by atoms with Crippen molar-refractivity contribution in [1.29, 1.82) is 0 Å². The van der Waals surface area contributed by atoms with E-state index in [0.29, 0.717) is 31.2 Å². The lowest BCUT2D eigenvalue weighted by Crippen LogP contribution is -2.54. The third kappa shape index (κ3) is 5.52. The first-order chi connectivity index (χ1) is 17.0. The molecule has 2 fully saturated rings. The van der Waals surface area contributed by atoms with Crippen LogP contribution in [0.1, 0.15) is 80.0 Å². The van der Waals surface area contributed by atoms with Gasteiger partial charge >= 0.3 is 6.09 Å². The van der Waals surface area contributed by atoms with Gasteiger partial charge < -0.3 is 15.0 Å². The third-order valence-electron chi connectivity index (χ3n) is 6.76. The van der Waals surface area contributed by atoms with Gasteiger partial charge in [-0.15, -0.1) is 0 Å². The summed E-state index contributed by atoms with van der Waals surface area (Å²) < 4.78 is 5.46.